The smallest absolute Gasteiger partial charge is 0.137 e. The maximum absolute atomic E-state index is 6.60. The average molecular weight is 695 g/mol. The lowest BCUT2D eigenvalue weighted by molar-refractivity contribution is 0.660. The van der Waals surface area contributed by atoms with Crippen LogP contribution in [-0.2, 0) is 5.41 Å². The molecular formula is C51H38N2O. The van der Waals surface area contributed by atoms with Gasteiger partial charge in [0.1, 0.15) is 11.2 Å². The lowest BCUT2D eigenvalue weighted by Gasteiger charge is -2.28. The Morgan fingerprint density at radius 3 is 1.67 bits per heavy atom. The topological polar surface area (TPSA) is 19.6 Å². The second-order valence-electron chi connectivity index (χ2n) is 14.6. The molecule has 9 aromatic rings. The molecular weight excluding hydrogens is 657 g/mol. The van der Waals surface area contributed by atoms with Gasteiger partial charge in [-0.2, -0.15) is 0 Å². The highest BCUT2D eigenvalue weighted by Gasteiger charge is 2.35. The maximum atomic E-state index is 6.60. The summed E-state index contributed by atoms with van der Waals surface area (Å²) < 4.78 is 6.60. The summed E-state index contributed by atoms with van der Waals surface area (Å²) in [5, 5.41) is 2.14. The van der Waals surface area contributed by atoms with Gasteiger partial charge < -0.3 is 14.2 Å². The van der Waals surface area contributed by atoms with Gasteiger partial charge in [0.15, 0.2) is 0 Å². The highest BCUT2D eigenvalue weighted by Crippen LogP contribution is 2.51. The van der Waals surface area contributed by atoms with Crippen molar-refractivity contribution < 1.29 is 4.42 Å². The number of furan rings is 1. The fourth-order valence-corrected chi connectivity index (χ4v) is 8.42. The van der Waals surface area contributed by atoms with Crippen molar-refractivity contribution in [3.8, 4) is 22.3 Å². The van der Waals surface area contributed by atoms with Crippen LogP contribution in [0.4, 0.5) is 34.1 Å². The predicted molar refractivity (Wildman–Crippen MR) is 226 cm³/mol. The molecule has 1 aliphatic carbocycles. The number of hydrogen-bond acceptors (Lipinski definition) is 3. The molecule has 0 fully saturated rings. The summed E-state index contributed by atoms with van der Waals surface area (Å²) >= 11 is 0. The van der Waals surface area contributed by atoms with E-state index in [4.69, 9.17) is 4.42 Å². The summed E-state index contributed by atoms with van der Waals surface area (Å²) in [6.45, 7) is 4.69. The molecule has 0 radical (unpaired) electrons. The van der Waals surface area contributed by atoms with Crippen LogP contribution in [0.3, 0.4) is 0 Å². The summed E-state index contributed by atoms with van der Waals surface area (Å²) in [7, 11) is 0. The van der Waals surface area contributed by atoms with Gasteiger partial charge >= 0.3 is 0 Å². The molecule has 54 heavy (non-hydrogen) atoms. The Labute approximate surface area is 316 Å². The van der Waals surface area contributed by atoms with E-state index in [0.717, 1.165) is 56.1 Å². The largest absolute Gasteiger partial charge is 0.456 e. The number of hydrogen-bond donors (Lipinski definition) is 0. The van der Waals surface area contributed by atoms with Gasteiger partial charge in [-0.05, 0) is 112 Å². The van der Waals surface area contributed by atoms with Gasteiger partial charge in [0.25, 0.3) is 0 Å². The Morgan fingerprint density at radius 1 is 0.389 bits per heavy atom. The van der Waals surface area contributed by atoms with E-state index in [1.165, 1.54) is 33.4 Å². The van der Waals surface area contributed by atoms with E-state index in [2.05, 4.69) is 218 Å². The Balaban J connectivity index is 1.17. The maximum Gasteiger partial charge on any atom is 0.137 e. The third kappa shape index (κ3) is 5.20. The van der Waals surface area contributed by atoms with Crippen LogP contribution in [0.5, 0.6) is 0 Å². The quantitative estimate of drug-likeness (QED) is 0.166. The third-order valence-electron chi connectivity index (χ3n) is 11.0. The number of para-hydroxylation sites is 2. The second-order valence-corrected chi connectivity index (χ2v) is 14.6. The Hall–Kier alpha value is -6.84. The molecule has 0 saturated heterocycles. The molecule has 0 bridgehead atoms. The normalized spacial score (nSPS) is 12.8. The Kier molecular flexibility index (Phi) is 7.48. The van der Waals surface area contributed by atoms with E-state index >= 15 is 0 Å². The zero-order valence-corrected chi connectivity index (χ0v) is 30.3. The Bertz CT molecular complexity index is 2750. The minimum Gasteiger partial charge on any atom is -0.456 e. The molecule has 10 rings (SSSR count). The average Bonchev–Trinajstić information content (AvgIpc) is 3.71. The van der Waals surface area contributed by atoms with Gasteiger partial charge in [-0.15, -0.1) is 0 Å². The first-order valence-corrected chi connectivity index (χ1v) is 18.6. The Morgan fingerprint density at radius 2 is 0.944 bits per heavy atom. The number of anilines is 6. The van der Waals surface area contributed by atoms with Gasteiger partial charge in [-0.1, -0.05) is 129 Å². The fraction of sp³-hybridized carbons (Fsp3) is 0.0588. The molecule has 8 aromatic carbocycles. The standard InChI is InChI=1S/C51H38N2O/c1-51(2)45-22-13-12-21-42(45)43-31-29-41(34-46(43)51)52(39-27-25-36(26-28-39)35-15-6-3-7-16-35)40-30-32-48-44(33-40)50-47(23-14-24-49(50)54-48)53(37-17-8-4-9-18-37)38-19-10-5-11-20-38/h3-34H,1-2H3. The molecule has 258 valence electrons. The van der Waals surface area contributed by atoms with Gasteiger partial charge in [0, 0.05) is 39.2 Å². The van der Waals surface area contributed by atoms with E-state index in [-0.39, 0.29) is 5.41 Å². The SMILES string of the molecule is CC1(C)c2ccccc2-c2ccc(N(c3ccc(-c4ccccc4)cc3)c3ccc4oc5cccc(N(c6ccccc6)c6ccccc6)c5c4c3)cc21. The van der Waals surface area contributed by atoms with Crippen LogP contribution in [0.15, 0.2) is 199 Å². The number of benzene rings is 8. The highest BCUT2D eigenvalue weighted by atomic mass is 16.3. The van der Waals surface area contributed by atoms with Gasteiger partial charge in [0.05, 0.1) is 11.1 Å². The van der Waals surface area contributed by atoms with Crippen molar-refractivity contribution in [2.24, 2.45) is 0 Å². The number of nitrogens with zero attached hydrogens (tertiary/aromatic N) is 2. The molecule has 0 N–H and O–H groups in total. The van der Waals surface area contributed by atoms with Crippen LogP contribution in [-0.4, -0.2) is 0 Å². The summed E-state index contributed by atoms with van der Waals surface area (Å²) in [6, 6.07) is 69.5. The first-order valence-electron chi connectivity index (χ1n) is 18.6. The summed E-state index contributed by atoms with van der Waals surface area (Å²) in [5.41, 5.74) is 15.8. The van der Waals surface area contributed by atoms with Crippen LogP contribution in [0, 0.1) is 0 Å². The molecule has 0 saturated carbocycles. The molecule has 0 spiro atoms. The summed E-state index contributed by atoms with van der Waals surface area (Å²) in [5.74, 6) is 0. The first-order chi connectivity index (χ1) is 26.5. The lowest BCUT2D eigenvalue weighted by atomic mass is 9.82. The van der Waals surface area contributed by atoms with E-state index in [1.807, 2.05) is 0 Å². The van der Waals surface area contributed by atoms with Gasteiger partial charge in [-0.25, -0.2) is 0 Å². The van der Waals surface area contributed by atoms with E-state index < -0.39 is 0 Å². The molecule has 1 aliphatic rings. The van der Waals surface area contributed by atoms with Crippen LogP contribution in [0.25, 0.3) is 44.2 Å². The van der Waals surface area contributed by atoms with Crippen molar-refractivity contribution in [3.63, 3.8) is 0 Å². The summed E-state index contributed by atoms with van der Waals surface area (Å²) in [6.07, 6.45) is 0. The first kappa shape index (κ1) is 31.9. The lowest BCUT2D eigenvalue weighted by Crippen LogP contribution is -2.16. The zero-order valence-electron chi connectivity index (χ0n) is 30.3. The van der Waals surface area contributed by atoms with Crippen LogP contribution >= 0.6 is 0 Å². The number of rotatable bonds is 7. The van der Waals surface area contributed by atoms with Crippen LogP contribution in [0.2, 0.25) is 0 Å². The monoisotopic (exact) mass is 694 g/mol. The molecule has 0 atom stereocenters. The molecule has 1 aromatic heterocycles. The van der Waals surface area contributed by atoms with Crippen LogP contribution in [0.1, 0.15) is 25.0 Å². The predicted octanol–water partition coefficient (Wildman–Crippen LogP) is 14.5. The molecule has 0 aliphatic heterocycles. The van der Waals surface area contributed by atoms with Crippen molar-refractivity contribution in [1.29, 1.82) is 0 Å². The van der Waals surface area contributed by atoms with Gasteiger partial charge in [0.2, 0.25) is 0 Å². The third-order valence-corrected chi connectivity index (χ3v) is 11.0. The second kappa shape index (κ2) is 12.7. The van der Waals surface area contributed by atoms with E-state index in [9.17, 15) is 0 Å². The van der Waals surface area contributed by atoms with Crippen LogP contribution < -0.4 is 9.80 Å². The zero-order chi connectivity index (χ0) is 36.2. The fourth-order valence-electron chi connectivity index (χ4n) is 8.42. The highest BCUT2D eigenvalue weighted by molar-refractivity contribution is 6.14. The molecule has 3 nitrogen and oxygen atoms in total. The minimum absolute atomic E-state index is 0.122. The van der Waals surface area contributed by atoms with E-state index in [0.29, 0.717) is 0 Å². The molecule has 0 unspecified atom stereocenters. The van der Waals surface area contributed by atoms with Crippen molar-refractivity contribution in [2.45, 2.75) is 19.3 Å². The molecule has 1 heterocycles. The van der Waals surface area contributed by atoms with E-state index in [1.54, 1.807) is 0 Å². The van der Waals surface area contributed by atoms with Crippen molar-refractivity contribution in [2.75, 3.05) is 9.80 Å². The summed E-state index contributed by atoms with van der Waals surface area (Å²) in [4.78, 5) is 4.71. The molecule has 0 amide bonds. The van der Waals surface area contributed by atoms with Crippen molar-refractivity contribution in [3.05, 3.63) is 205 Å². The molecule has 3 heteroatoms. The van der Waals surface area contributed by atoms with Gasteiger partial charge in [-0.3, -0.25) is 0 Å². The van der Waals surface area contributed by atoms with Crippen molar-refractivity contribution >= 4 is 56.1 Å². The number of fused-ring (bicyclic) bond motifs is 6. The van der Waals surface area contributed by atoms with Crippen molar-refractivity contribution in [1.82, 2.24) is 0 Å². The minimum atomic E-state index is -0.122.